The molecule has 7 heteroatoms. The lowest BCUT2D eigenvalue weighted by atomic mass is 9.93. The van der Waals surface area contributed by atoms with Gasteiger partial charge in [0.1, 0.15) is 0 Å². The summed E-state index contributed by atoms with van der Waals surface area (Å²) in [7, 11) is 0. The molecular weight excluding hydrogens is 330 g/mol. The van der Waals surface area contributed by atoms with Crippen LogP contribution < -0.4 is 11.1 Å². The van der Waals surface area contributed by atoms with Gasteiger partial charge in [0.2, 0.25) is 11.8 Å². The highest BCUT2D eigenvalue weighted by Crippen LogP contribution is 2.24. The molecule has 26 heavy (non-hydrogen) atoms. The van der Waals surface area contributed by atoms with Crippen LogP contribution in [-0.4, -0.2) is 65.4 Å². The van der Waals surface area contributed by atoms with Crippen molar-refractivity contribution in [2.24, 2.45) is 11.7 Å². The molecule has 3 N–H and O–H groups in total. The third-order valence-corrected chi connectivity index (χ3v) is 5.52. The third kappa shape index (κ3) is 4.80. The van der Waals surface area contributed by atoms with Crippen LogP contribution >= 0.6 is 0 Å². The van der Waals surface area contributed by atoms with E-state index in [0.29, 0.717) is 12.6 Å². The summed E-state index contributed by atoms with van der Waals surface area (Å²) >= 11 is 0. The van der Waals surface area contributed by atoms with E-state index in [4.69, 9.17) is 5.73 Å². The molecule has 7 nitrogen and oxygen atoms in total. The fourth-order valence-electron chi connectivity index (χ4n) is 4.00. The van der Waals surface area contributed by atoms with Crippen molar-refractivity contribution in [3.05, 3.63) is 30.1 Å². The van der Waals surface area contributed by atoms with Gasteiger partial charge in [-0.25, -0.2) is 0 Å². The van der Waals surface area contributed by atoms with Crippen molar-refractivity contribution in [1.29, 1.82) is 0 Å². The van der Waals surface area contributed by atoms with E-state index in [-0.39, 0.29) is 24.3 Å². The van der Waals surface area contributed by atoms with Gasteiger partial charge in [0.05, 0.1) is 12.5 Å². The molecule has 2 saturated heterocycles. The molecule has 142 valence electrons. The molecule has 0 saturated carbocycles. The molecule has 0 spiro atoms. The summed E-state index contributed by atoms with van der Waals surface area (Å²) in [4.78, 5) is 32.6. The van der Waals surface area contributed by atoms with Crippen LogP contribution in [0, 0.1) is 5.92 Å². The minimum Gasteiger partial charge on any atom is -0.352 e. The van der Waals surface area contributed by atoms with Crippen LogP contribution in [0.3, 0.4) is 0 Å². The first-order chi connectivity index (χ1) is 12.7. The molecule has 3 rings (SSSR count). The van der Waals surface area contributed by atoms with E-state index in [2.05, 4.69) is 15.2 Å². The summed E-state index contributed by atoms with van der Waals surface area (Å²) < 4.78 is 0. The highest BCUT2D eigenvalue weighted by Gasteiger charge is 2.32. The molecule has 3 heterocycles. The number of hydrogen-bond acceptors (Lipinski definition) is 5. The fourth-order valence-corrected chi connectivity index (χ4v) is 4.00. The molecule has 0 aliphatic carbocycles. The molecule has 2 aliphatic rings. The summed E-state index contributed by atoms with van der Waals surface area (Å²) in [6.07, 6.45) is 7.44. The number of nitrogens with one attached hydrogen (secondary N) is 1. The van der Waals surface area contributed by atoms with E-state index in [1.807, 2.05) is 17.0 Å². The lowest BCUT2D eigenvalue weighted by molar-refractivity contribution is -0.131. The van der Waals surface area contributed by atoms with Crippen molar-refractivity contribution in [1.82, 2.24) is 20.1 Å². The number of likely N-dealkylation sites (tertiary alicyclic amines) is 2. The zero-order valence-corrected chi connectivity index (χ0v) is 15.3. The largest absolute Gasteiger partial charge is 0.352 e. The van der Waals surface area contributed by atoms with Gasteiger partial charge in [0.25, 0.3) is 0 Å². The summed E-state index contributed by atoms with van der Waals surface area (Å²) in [5.74, 6) is 0.216. The highest BCUT2D eigenvalue weighted by atomic mass is 16.2. The Labute approximate surface area is 154 Å². The predicted molar refractivity (Wildman–Crippen MR) is 99.0 cm³/mol. The SMILES string of the molecule is NCC(=O)N1CCC(N2CCCC(C(=O)NCc3cccnc3)C2)CC1. The Balaban J connectivity index is 1.46. The van der Waals surface area contributed by atoms with Crippen LogP contribution in [0.5, 0.6) is 0 Å². The van der Waals surface area contributed by atoms with Crippen LogP contribution in [0.2, 0.25) is 0 Å². The standard InChI is InChI=1S/C19H29N5O2/c20-11-18(25)23-9-5-17(6-10-23)24-8-2-4-16(14-24)19(26)22-13-15-3-1-7-21-12-15/h1,3,7,12,16-17H,2,4-6,8-11,13-14,20H2,(H,22,26). The van der Waals surface area contributed by atoms with E-state index in [0.717, 1.165) is 57.4 Å². The van der Waals surface area contributed by atoms with Crippen molar-refractivity contribution in [2.45, 2.75) is 38.3 Å². The molecule has 2 aliphatic heterocycles. The molecule has 2 amide bonds. The minimum absolute atomic E-state index is 0.0368. The summed E-state index contributed by atoms with van der Waals surface area (Å²) in [5.41, 5.74) is 6.47. The number of pyridine rings is 1. The highest BCUT2D eigenvalue weighted by molar-refractivity contribution is 5.79. The number of rotatable bonds is 5. The van der Waals surface area contributed by atoms with E-state index in [1.54, 1.807) is 12.4 Å². The normalized spacial score (nSPS) is 22.2. The molecule has 0 aromatic carbocycles. The van der Waals surface area contributed by atoms with Gasteiger partial charge in [-0.2, -0.15) is 0 Å². The van der Waals surface area contributed by atoms with Gasteiger partial charge in [-0.3, -0.25) is 19.5 Å². The quantitative estimate of drug-likeness (QED) is 0.792. The zero-order valence-electron chi connectivity index (χ0n) is 15.3. The first kappa shape index (κ1) is 18.8. The number of hydrogen-bond donors (Lipinski definition) is 2. The smallest absolute Gasteiger partial charge is 0.236 e. The third-order valence-electron chi connectivity index (χ3n) is 5.52. The Bertz CT molecular complexity index is 601. The number of amides is 2. The Morgan fingerprint density at radius 3 is 2.73 bits per heavy atom. The maximum atomic E-state index is 12.6. The molecule has 1 aromatic rings. The molecular formula is C19H29N5O2. The van der Waals surface area contributed by atoms with Crippen molar-refractivity contribution < 1.29 is 9.59 Å². The monoisotopic (exact) mass is 359 g/mol. The average molecular weight is 359 g/mol. The second-order valence-corrected chi connectivity index (χ2v) is 7.23. The van der Waals surface area contributed by atoms with Crippen molar-refractivity contribution in [3.63, 3.8) is 0 Å². The molecule has 1 atom stereocenters. The second-order valence-electron chi connectivity index (χ2n) is 7.23. The van der Waals surface area contributed by atoms with Crippen LogP contribution in [0.1, 0.15) is 31.2 Å². The Morgan fingerprint density at radius 1 is 1.23 bits per heavy atom. The number of carbonyl (C=O) groups is 2. The number of carbonyl (C=O) groups excluding carboxylic acids is 2. The van der Waals surface area contributed by atoms with E-state index >= 15 is 0 Å². The van der Waals surface area contributed by atoms with Gasteiger partial charge in [0.15, 0.2) is 0 Å². The number of piperidine rings is 2. The van der Waals surface area contributed by atoms with Crippen LogP contribution in [0.15, 0.2) is 24.5 Å². The van der Waals surface area contributed by atoms with E-state index in [1.165, 1.54) is 0 Å². The van der Waals surface area contributed by atoms with Gasteiger partial charge in [-0.05, 0) is 43.9 Å². The van der Waals surface area contributed by atoms with Gasteiger partial charge in [-0.1, -0.05) is 6.07 Å². The Kier molecular flexibility index (Phi) is 6.57. The molecule has 1 aromatic heterocycles. The minimum atomic E-state index is 0.0368. The van der Waals surface area contributed by atoms with Crippen molar-refractivity contribution >= 4 is 11.8 Å². The predicted octanol–water partition coefficient (Wildman–Crippen LogP) is 0.360. The summed E-state index contributed by atoms with van der Waals surface area (Å²) in [6.45, 7) is 4.02. The maximum Gasteiger partial charge on any atom is 0.236 e. The summed E-state index contributed by atoms with van der Waals surface area (Å²) in [5, 5.41) is 3.05. The molecule has 0 bridgehead atoms. The van der Waals surface area contributed by atoms with Crippen molar-refractivity contribution in [2.75, 3.05) is 32.7 Å². The van der Waals surface area contributed by atoms with E-state index in [9.17, 15) is 9.59 Å². The Morgan fingerprint density at radius 2 is 2.04 bits per heavy atom. The van der Waals surface area contributed by atoms with Crippen LogP contribution in [0.4, 0.5) is 0 Å². The summed E-state index contributed by atoms with van der Waals surface area (Å²) in [6, 6.07) is 4.31. The first-order valence-corrected chi connectivity index (χ1v) is 9.56. The first-order valence-electron chi connectivity index (χ1n) is 9.56. The number of nitrogens with zero attached hydrogens (tertiary/aromatic N) is 3. The fraction of sp³-hybridized carbons (Fsp3) is 0.632. The van der Waals surface area contributed by atoms with Gasteiger partial charge in [-0.15, -0.1) is 0 Å². The number of aromatic nitrogens is 1. The Hall–Kier alpha value is -1.99. The second kappa shape index (κ2) is 9.09. The lowest BCUT2D eigenvalue weighted by Gasteiger charge is -2.42. The molecule has 1 unspecified atom stereocenters. The van der Waals surface area contributed by atoms with Crippen LogP contribution in [0.25, 0.3) is 0 Å². The maximum absolute atomic E-state index is 12.6. The van der Waals surface area contributed by atoms with Crippen LogP contribution in [-0.2, 0) is 16.1 Å². The number of nitrogens with two attached hydrogens (primary N) is 1. The average Bonchev–Trinajstić information content (AvgIpc) is 2.72. The topological polar surface area (TPSA) is 91.6 Å². The molecule has 0 radical (unpaired) electrons. The van der Waals surface area contributed by atoms with Gasteiger partial charge < -0.3 is 16.0 Å². The zero-order chi connectivity index (χ0) is 18.4. The van der Waals surface area contributed by atoms with Crippen molar-refractivity contribution in [3.8, 4) is 0 Å². The lowest BCUT2D eigenvalue weighted by Crippen LogP contribution is -2.52. The molecule has 2 fully saturated rings. The van der Waals surface area contributed by atoms with E-state index < -0.39 is 0 Å². The van der Waals surface area contributed by atoms with Gasteiger partial charge in [0, 0.05) is 44.6 Å². The van der Waals surface area contributed by atoms with Gasteiger partial charge >= 0.3 is 0 Å².